The first-order chi connectivity index (χ1) is 6.24. The Balaban J connectivity index is 2.87. The highest BCUT2D eigenvalue weighted by molar-refractivity contribution is 9.10. The monoisotopic (exact) mass is 257 g/mol. The minimum absolute atomic E-state index is 0.0477. The molecule has 3 N–H and O–H groups in total. The number of hydrogen-bond donors (Lipinski definition) is 2. The van der Waals surface area contributed by atoms with E-state index in [1.807, 2.05) is 17.5 Å². The maximum absolute atomic E-state index is 9.11. The lowest BCUT2D eigenvalue weighted by atomic mass is 10.1. The molecule has 0 fully saturated rings. The van der Waals surface area contributed by atoms with Crippen molar-refractivity contribution in [2.24, 2.45) is 0 Å². The summed E-state index contributed by atoms with van der Waals surface area (Å²) in [7, 11) is 0. The molecule has 0 saturated heterocycles. The van der Waals surface area contributed by atoms with Crippen LogP contribution in [0.15, 0.2) is 22.0 Å². The van der Waals surface area contributed by atoms with E-state index in [4.69, 9.17) is 10.8 Å². The van der Waals surface area contributed by atoms with Crippen LogP contribution >= 0.6 is 27.3 Å². The van der Waals surface area contributed by atoms with Crippen LogP contribution in [-0.2, 0) is 6.61 Å². The molecule has 2 rings (SSSR count). The summed E-state index contributed by atoms with van der Waals surface area (Å²) in [5, 5.41) is 12.1. The van der Waals surface area contributed by atoms with Crippen LogP contribution in [0.25, 0.3) is 10.1 Å². The lowest BCUT2D eigenvalue weighted by Crippen LogP contribution is -1.91. The fraction of sp³-hybridized carbons (Fsp3) is 0.111. The molecular weight excluding hydrogens is 250 g/mol. The van der Waals surface area contributed by atoms with Crippen LogP contribution in [0, 0.1) is 0 Å². The van der Waals surface area contributed by atoms with Gasteiger partial charge in [-0.2, -0.15) is 0 Å². The lowest BCUT2D eigenvalue weighted by Gasteiger charge is -2.04. The molecule has 0 spiro atoms. The molecule has 2 nitrogen and oxygen atoms in total. The summed E-state index contributed by atoms with van der Waals surface area (Å²) >= 11 is 4.95. The van der Waals surface area contributed by atoms with Gasteiger partial charge in [0.15, 0.2) is 0 Å². The van der Waals surface area contributed by atoms with E-state index in [0.717, 1.165) is 25.8 Å². The Labute approximate surface area is 88.1 Å². The molecule has 2 aromatic rings. The number of hydrogen-bond acceptors (Lipinski definition) is 3. The Morgan fingerprint density at radius 3 is 3.00 bits per heavy atom. The van der Waals surface area contributed by atoms with Crippen LogP contribution in [0.5, 0.6) is 0 Å². The van der Waals surface area contributed by atoms with Crippen molar-refractivity contribution in [1.82, 2.24) is 0 Å². The lowest BCUT2D eigenvalue weighted by molar-refractivity contribution is 0.283. The summed E-state index contributed by atoms with van der Waals surface area (Å²) in [4.78, 5) is 0. The standard InChI is InChI=1S/C9H8BrNOS/c10-7-3-5(4-12)6-1-2-13-9(6)8(7)11/h1-3,12H,4,11H2. The maximum atomic E-state index is 9.11. The van der Waals surface area contributed by atoms with Gasteiger partial charge in [0.25, 0.3) is 0 Å². The summed E-state index contributed by atoms with van der Waals surface area (Å²) < 4.78 is 1.89. The van der Waals surface area contributed by atoms with Gasteiger partial charge in [-0.1, -0.05) is 0 Å². The van der Waals surface area contributed by atoms with E-state index in [2.05, 4.69) is 15.9 Å². The van der Waals surface area contributed by atoms with Gasteiger partial charge in [0, 0.05) is 9.86 Å². The maximum Gasteiger partial charge on any atom is 0.0688 e. The smallest absolute Gasteiger partial charge is 0.0688 e. The first-order valence-corrected chi connectivity index (χ1v) is 5.46. The van der Waals surface area contributed by atoms with E-state index in [1.54, 1.807) is 11.3 Å². The quantitative estimate of drug-likeness (QED) is 0.772. The molecule has 0 aliphatic carbocycles. The summed E-state index contributed by atoms with van der Waals surface area (Å²) in [6, 6.07) is 3.85. The highest BCUT2D eigenvalue weighted by Crippen LogP contribution is 2.35. The number of nitrogens with two attached hydrogens (primary N) is 1. The highest BCUT2D eigenvalue weighted by Gasteiger charge is 2.08. The minimum Gasteiger partial charge on any atom is -0.397 e. The van der Waals surface area contributed by atoms with Crippen molar-refractivity contribution in [2.45, 2.75) is 6.61 Å². The third-order valence-electron chi connectivity index (χ3n) is 1.98. The third-order valence-corrected chi connectivity index (χ3v) is 3.59. The van der Waals surface area contributed by atoms with Gasteiger partial charge < -0.3 is 10.8 Å². The van der Waals surface area contributed by atoms with Gasteiger partial charge in [0.2, 0.25) is 0 Å². The SMILES string of the molecule is Nc1c(Br)cc(CO)c2ccsc12. The predicted octanol–water partition coefficient (Wildman–Crippen LogP) is 2.74. The molecule has 0 bridgehead atoms. The van der Waals surface area contributed by atoms with Gasteiger partial charge in [-0.05, 0) is 39.0 Å². The average Bonchev–Trinajstić information content (AvgIpc) is 2.60. The zero-order valence-electron chi connectivity index (χ0n) is 6.75. The van der Waals surface area contributed by atoms with Crippen LogP contribution in [0.4, 0.5) is 5.69 Å². The molecule has 13 heavy (non-hydrogen) atoms. The van der Waals surface area contributed by atoms with Gasteiger partial charge in [0.1, 0.15) is 0 Å². The number of halogens is 1. The highest BCUT2D eigenvalue weighted by atomic mass is 79.9. The average molecular weight is 258 g/mol. The van der Waals surface area contributed by atoms with Gasteiger partial charge >= 0.3 is 0 Å². The van der Waals surface area contributed by atoms with Crippen LogP contribution < -0.4 is 5.73 Å². The number of fused-ring (bicyclic) bond motifs is 1. The Bertz CT molecular complexity index is 452. The second-order valence-electron chi connectivity index (χ2n) is 2.75. The summed E-state index contributed by atoms with van der Waals surface area (Å²) in [5.41, 5.74) is 7.53. The Hall–Kier alpha value is -0.580. The second-order valence-corrected chi connectivity index (χ2v) is 4.52. The van der Waals surface area contributed by atoms with Crippen LogP contribution in [0.1, 0.15) is 5.56 Å². The normalized spacial score (nSPS) is 10.9. The van der Waals surface area contributed by atoms with Crippen molar-refractivity contribution in [1.29, 1.82) is 0 Å². The fourth-order valence-electron chi connectivity index (χ4n) is 1.32. The van der Waals surface area contributed by atoms with Gasteiger partial charge in [-0.3, -0.25) is 0 Å². The number of benzene rings is 1. The Kier molecular flexibility index (Phi) is 2.27. The molecular formula is C9H8BrNOS. The summed E-state index contributed by atoms with van der Waals surface area (Å²) in [5.74, 6) is 0. The molecule has 1 heterocycles. The van der Waals surface area contributed by atoms with Gasteiger partial charge in [-0.25, -0.2) is 0 Å². The first-order valence-electron chi connectivity index (χ1n) is 3.79. The Morgan fingerprint density at radius 1 is 1.54 bits per heavy atom. The summed E-state index contributed by atoms with van der Waals surface area (Å²) in [6.45, 7) is 0.0477. The molecule has 0 aliphatic heterocycles. The van der Waals surface area contributed by atoms with Gasteiger partial charge in [0.05, 0.1) is 17.0 Å². The predicted molar refractivity (Wildman–Crippen MR) is 59.9 cm³/mol. The van der Waals surface area contributed by atoms with Crippen LogP contribution in [0.3, 0.4) is 0 Å². The fourth-order valence-corrected chi connectivity index (χ4v) is 2.83. The Morgan fingerprint density at radius 2 is 2.31 bits per heavy atom. The molecule has 1 aromatic heterocycles. The van der Waals surface area contributed by atoms with Crippen molar-refractivity contribution < 1.29 is 5.11 Å². The van der Waals surface area contributed by atoms with E-state index < -0.39 is 0 Å². The second kappa shape index (κ2) is 3.29. The molecule has 0 atom stereocenters. The topological polar surface area (TPSA) is 46.2 Å². The number of aliphatic hydroxyl groups is 1. The zero-order valence-corrected chi connectivity index (χ0v) is 9.15. The van der Waals surface area contributed by atoms with Crippen molar-refractivity contribution >= 4 is 43.0 Å². The largest absolute Gasteiger partial charge is 0.397 e. The van der Waals surface area contributed by atoms with Crippen LogP contribution in [-0.4, -0.2) is 5.11 Å². The number of thiophene rings is 1. The number of anilines is 1. The molecule has 68 valence electrons. The minimum atomic E-state index is 0.0477. The molecule has 0 saturated carbocycles. The van der Waals surface area contributed by atoms with E-state index in [9.17, 15) is 0 Å². The molecule has 4 heteroatoms. The van der Waals surface area contributed by atoms with E-state index >= 15 is 0 Å². The molecule has 0 amide bonds. The van der Waals surface area contributed by atoms with Crippen LogP contribution in [0.2, 0.25) is 0 Å². The van der Waals surface area contributed by atoms with Crippen molar-refractivity contribution in [2.75, 3.05) is 5.73 Å². The molecule has 0 unspecified atom stereocenters. The first kappa shape index (κ1) is 8.99. The van der Waals surface area contributed by atoms with Gasteiger partial charge in [-0.15, -0.1) is 11.3 Å². The number of aliphatic hydroxyl groups excluding tert-OH is 1. The molecule has 1 aromatic carbocycles. The zero-order chi connectivity index (χ0) is 9.42. The number of rotatable bonds is 1. The van der Waals surface area contributed by atoms with E-state index in [1.165, 1.54) is 0 Å². The third kappa shape index (κ3) is 1.35. The van der Waals surface area contributed by atoms with Crippen molar-refractivity contribution in [3.63, 3.8) is 0 Å². The molecule has 0 radical (unpaired) electrons. The summed E-state index contributed by atoms with van der Waals surface area (Å²) in [6.07, 6.45) is 0. The van der Waals surface area contributed by atoms with Crippen molar-refractivity contribution in [3.8, 4) is 0 Å². The van der Waals surface area contributed by atoms with Crippen molar-refractivity contribution in [3.05, 3.63) is 27.5 Å². The van der Waals surface area contributed by atoms with E-state index in [-0.39, 0.29) is 6.61 Å². The van der Waals surface area contributed by atoms with E-state index in [0.29, 0.717) is 0 Å². The molecule has 0 aliphatic rings. The number of nitrogen functional groups attached to an aromatic ring is 1.